The second-order valence-electron chi connectivity index (χ2n) is 1.63. The van der Waals surface area contributed by atoms with E-state index in [4.69, 9.17) is 5.73 Å². The molecule has 1 aromatic heterocycles. The molecule has 4 nitrogen and oxygen atoms in total. The first-order valence-corrected chi connectivity index (χ1v) is 2.41. The van der Waals surface area contributed by atoms with E-state index in [9.17, 15) is 4.79 Å². The zero-order valence-electron chi connectivity index (χ0n) is 4.92. The molecule has 0 fully saturated rings. The van der Waals surface area contributed by atoms with Crippen molar-refractivity contribution in [1.29, 1.82) is 0 Å². The Morgan fingerprint density at radius 2 is 2.56 bits per heavy atom. The van der Waals surface area contributed by atoms with Crippen molar-refractivity contribution in [2.75, 3.05) is 0 Å². The molecule has 0 aliphatic rings. The van der Waals surface area contributed by atoms with Crippen LogP contribution in [0.2, 0.25) is 0 Å². The highest BCUT2D eigenvalue weighted by Gasteiger charge is 2.07. The van der Waals surface area contributed by atoms with Gasteiger partial charge in [0.15, 0.2) is 6.39 Å². The molecule has 0 aliphatic carbocycles. The van der Waals surface area contributed by atoms with Crippen molar-refractivity contribution in [2.45, 2.75) is 6.92 Å². The molecule has 1 heterocycles. The first kappa shape index (κ1) is 5.81. The van der Waals surface area contributed by atoms with Crippen molar-refractivity contribution in [1.82, 2.24) is 4.98 Å². The Morgan fingerprint density at radius 3 is 2.78 bits per heavy atom. The van der Waals surface area contributed by atoms with Gasteiger partial charge < -0.3 is 10.2 Å². The molecule has 1 rings (SSSR count). The van der Waals surface area contributed by atoms with Crippen LogP contribution < -0.4 is 5.73 Å². The molecule has 0 saturated carbocycles. The van der Waals surface area contributed by atoms with Crippen LogP contribution in [-0.4, -0.2) is 10.9 Å². The van der Waals surface area contributed by atoms with Gasteiger partial charge in [-0.2, -0.15) is 0 Å². The van der Waals surface area contributed by atoms with Crippen molar-refractivity contribution in [3.05, 3.63) is 17.8 Å². The maximum atomic E-state index is 10.4. The van der Waals surface area contributed by atoms with Gasteiger partial charge in [0, 0.05) is 0 Å². The largest absolute Gasteiger partial charge is 0.438 e. The third-order valence-electron chi connectivity index (χ3n) is 0.969. The van der Waals surface area contributed by atoms with Crippen molar-refractivity contribution in [3.8, 4) is 0 Å². The number of aryl methyl sites for hydroxylation is 1. The maximum absolute atomic E-state index is 10.4. The summed E-state index contributed by atoms with van der Waals surface area (Å²) in [5.74, 6) is -0.444. The standard InChI is InChI=1S/C5H6N2O2/c1-3-4(5(6)8)9-2-7-3/h2H,1H3,(H2,6,8). The summed E-state index contributed by atoms with van der Waals surface area (Å²) < 4.78 is 4.64. The Balaban J connectivity index is 3.08. The van der Waals surface area contributed by atoms with E-state index in [1.807, 2.05) is 0 Å². The van der Waals surface area contributed by atoms with Crippen LogP contribution in [0.3, 0.4) is 0 Å². The van der Waals surface area contributed by atoms with Crippen molar-refractivity contribution in [3.63, 3.8) is 0 Å². The SMILES string of the molecule is Cc1ncoc1C(N)=O. The Kier molecular flexibility index (Phi) is 1.22. The summed E-state index contributed by atoms with van der Waals surface area (Å²) in [6.07, 6.45) is 1.19. The summed E-state index contributed by atoms with van der Waals surface area (Å²) in [6.45, 7) is 1.66. The van der Waals surface area contributed by atoms with Crippen LogP contribution >= 0.6 is 0 Å². The first-order chi connectivity index (χ1) is 4.22. The number of hydrogen-bond donors (Lipinski definition) is 1. The van der Waals surface area contributed by atoms with Crippen LogP contribution in [-0.2, 0) is 0 Å². The van der Waals surface area contributed by atoms with Gasteiger partial charge in [0.05, 0.1) is 5.69 Å². The molecule has 0 atom stereocenters. The molecular formula is C5H6N2O2. The average Bonchev–Trinajstić information content (AvgIpc) is 2.13. The van der Waals surface area contributed by atoms with Gasteiger partial charge in [-0.1, -0.05) is 0 Å². The number of amides is 1. The molecule has 9 heavy (non-hydrogen) atoms. The second kappa shape index (κ2) is 1.89. The molecule has 2 N–H and O–H groups in total. The Labute approximate surface area is 51.7 Å². The van der Waals surface area contributed by atoms with E-state index < -0.39 is 5.91 Å². The van der Waals surface area contributed by atoms with Crippen molar-refractivity contribution >= 4 is 5.91 Å². The van der Waals surface area contributed by atoms with E-state index in [-0.39, 0.29) is 5.76 Å². The lowest BCUT2D eigenvalue weighted by Crippen LogP contribution is -2.10. The van der Waals surface area contributed by atoms with E-state index in [2.05, 4.69) is 9.40 Å². The van der Waals surface area contributed by atoms with Crippen LogP contribution in [0.15, 0.2) is 10.8 Å². The number of aromatic nitrogens is 1. The molecule has 4 heteroatoms. The predicted octanol–water partition coefficient (Wildman–Crippen LogP) is 0.0819. The van der Waals surface area contributed by atoms with E-state index in [0.29, 0.717) is 5.69 Å². The summed E-state index contributed by atoms with van der Waals surface area (Å²) in [6, 6.07) is 0. The quantitative estimate of drug-likeness (QED) is 0.579. The number of primary amides is 1. The lowest BCUT2D eigenvalue weighted by molar-refractivity contribution is 0.0973. The molecule has 1 amide bonds. The second-order valence-corrected chi connectivity index (χ2v) is 1.63. The highest BCUT2D eigenvalue weighted by Crippen LogP contribution is 2.01. The third kappa shape index (κ3) is 0.910. The number of hydrogen-bond acceptors (Lipinski definition) is 3. The van der Waals surface area contributed by atoms with E-state index in [1.165, 1.54) is 6.39 Å². The lowest BCUT2D eigenvalue weighted by atomic mass is 10.4. The first-order valence-electron chi connectivity index (χ1n) is 2.41. The summed E-state index contributed by atoms with van der Waals surface area (Å²) >= 11 is 0. The van der Waals surface area contributed by atoms with Crippen LogP contribution in [0.5, 0.6) is 0 Å². The van der Waals surface area contributed by atoms with Crippen molar-refractivity contribution < 1.29 is 9.21 Å². The molecule has 0 radical (unpaired) electrons. The van der Waals surface area contributed by atoms with Gasteiger partial charge in [-0.3, -0.25) is 4.79 Å². The van der Waals surface area contributed by atoms with E-state index in [1.54, 1.807) is 6.92 Å². The minimum absolute atomic E-state index is 0.134. The average molecular weight is 126 g/mol. The van der Waals surface area contributed by atoms with E-state index >= 15 is 0 Å². The monoisotopic (exact) mass is 126 g/mol. The van der Waals surface area contributed by atoms with Gasteiger partial charge in [0.2, 0.25) is 5.76 Å². The fourth-order valence-corrected chi connectivity index (χ4v) is 0.538. The fourth-order valence-electron chi connectivity index (χ4n) is 0.538. The van der Waals surface area contributed by atoms with E-state index in [0.717, 1.165) is 0 Å². The number of rotatable bonds is 1. The fraction of sp³-hybridized carbons (Fsp3) is 0.200. The Hall–Kier alpha value is -1.32. The van der Waals surface area contributed by atoms with Crippen LogP contribution in [0.4, 0.5) is 0 Å². The minimum atomic E-state index is -0.579. The molecule has 0 spiro atoms. The molecule has 0 aliphatic heterocycles. The molecule has 0 bridgehead atoms. The summed E-state index contributed by atoms with van der Waals surface area (Å²) in [5.41, 5.74) is 5.42. The smallest absolute Gasteiger partial charge is 0.286 e. The summed E-state index contributed by atoms with van der Waals surface area (Å²) in [7, 11) is 0. The van der Waals surface area contributed by atoms with Gasteiger partial charge in [0.25, 0.3) is 5.91 Å². The zero-order chi connectivity index (χ0) is 6.85. The predicted molar refractivity (Wildman–Crippen MR) is 29.8 cm³/mol. The van der Waals surface area contributed by atoms with Gasteiger partial charge in [-0.25, -0.2) is 4.98 Å². The molecule has 0 saturated heterocycles. The van der Waals surface area contributed by atoms with Gasteiger partial charge in [0.1, 0.15) is 0 Å². The third-order valence-corrected chi connectivity index (χ3v) is 0.969. The van der Waals surface area contributed by atoms with Gasteiger partial charge >= 0.3 is 0 Å². The molecule has 1 aromatic rings. The number of carbonyl (C=O) groups excluding carboxylic acids is 1. The lowest BCUT2D eigenvalue weighted by Gasteiger charge is -1.84. The van der Waals surface area contributed by atoms with Gasteiger partial charge in [-0.05, 0) is 6.92 Å². The van der Waals surface area contributed by atoms with Crippen LogP contribution in [0.1, 0.15) is 16.2 Å². The van der Waals surface area contributed by atoms with Crippen molar-refractivity contribution in [2.24, 2.45) is 5.73 Å². The molecule has 48 valence electrons. The maximum Gasteiger partial charge on any atom is 0.286 e. The highest BCUT2D eigenvalue weighted by molar-refractivity contribution is 5.90. The molecular weight excluding hydrogens is 120 g/mol. The molecule has 0 aromatic carbocycles. The number of oxazole rings is 1. The number of nitrogens with two attached hydrogens (primary N) is 1. The number of nitrogens with zero attached hydrogens (tertiary/aromatic N) is 1. The summed E-state index contributed by atoms with van der Waals surface area (Å²) in [4.78, 5) is 14.0. The number of carbonyl (C=O) groups is 1. The molecule has 0 unspecified atom stereocenters. The topological polar surface area (TPSA) is 69.1 Å². The Morgan fingerprint density at radius 1 is 1.89 bits per heavy atom. The van der Waals surface area contributed by atoms with Gasteiger partial charge in [-0.15, -0.1) is 0 Å². The van der Waals surface area contributed by atoms with Crippen LogP contribution in [0, 0.1) is 6.92 Å². The Bertz CT molecular complexity index is 229. The zero-order valence-corrected chi connectivity index (χ0v) is 4.92. The summed E-state index contributed by atoms with van der Waals surface area (Å²) in [5, 5.41) is 0. The highest BCUT2D eigenvalue weighted by atomic mass is 16.3. The van der Waals surface area contributed by atoms with Crippen LogP contribution in [0.25, 0.3) is 0 Å². The minimum Gasteiger partial charge on any atom is -0.438 e. The normalized spacial score (nSPS) is 9.44.